The van der Waals surface area contributed by atoms with Crippen molar-refractivity contribution in [3.05, 3.63) is 11.8 Å². The van der Waals surface area contributed by atoms with Gasteiger partial charge in [0.1, 0.15) is 0 Å². The van der Waals surface area contributed by atoms with Crippen LogP contribution in [0.3, 0.4) is 0 Å². The molecular weight excluding hydrogens is 148 g/mol. The van der Waals surface area contributed by atoms with Crippen LogP contribution in [-0.4, -0.2) is 8.07 Å². The minimum Gasteiger partial charge on any atom is -0.0989 e. The van der Waals surface area contributed by atoms with Crippen molar-refractivity contribution in [1.29, 1.82) is 0 Å². The molecule has 0 aliphatic heterocycles. The molecule has 0 aromatic carbocycles. The van der Waals surface area contributed by atoms with E-state index in [1.165, 1.54) is 25.7 Å². The summed E-state index contributed by atoms with van der Waals surface area (Å²) in [4.78, 5) is 0. The summed E-state index contributed by atoms with van der Waals surface area (Å²) in [5, 5.41) is 0. The summed E-state index contributed by atoms with van der Waals surface area (Å²) in [5.41, 5.74) is 2.45. The van der Waals surface area contributed by atoms with Gasteiger partial charge in [-0.3, -0.25) is 0 Å². The highest BCUT2D eigenvalue weighted by Crippen LogP contribution is 2.05. The molecule has 0 amide bonds. The van der Waals surface area contributed by atoms with Crippen molar-refractivity contribution in [3.8, 4) is 0 Å². The summed E-state index contributed by atoms with van der Waals surface area (Å²) in [6.07, 6.45) is 7.76. The molecule has 1 heteroatoms. The van der Waals surface area contributed by atoms with Crippen molar-refractivity contribution < 1.29 is 0 Å². The molecule has 0 rings (SSSR count). The Balaban J connectivity index is 3.30. The van der Waals surface area contributed by atoms with Gasteiger partial charge in [-0.05, 0) is 12.8 Å². The fourth-order valence-electron chi connectivity index (χ4n) is 0.949. The first-order chi connectivity index (χ1) is 5.06. The van der Waals surface area contributed by atoms with Gasteiger partial charge in [0.25, 0.3) is 0 Å². The highest BCUT2D eigenvalue weighted by atomic mass is 28.3. The Labute approximate surface area is 72.7 Å². The van der Waals surface area contributed by atoms with Crippen LogP contribution in [0, 0.1) is 0 Å². The van der Waals surface area contributed by atoms with E-state index in [1.807, 2.05) is 0 Å². The number of rotatable bonds is 5. The molecular formula is C10H22Si. The topological polar surface area (TPSA) is 0 Å². The van der Waals surface area contributed by atoms with Crippen molar-refractivity contribution in [2.45, 2.75) is 52.2 Å². The standard InChI is InChI=1S/C10H22Si/c1-5-6-7-8-9-10-11(2,3)4/h9-10H,5-8H2,1-4H3/b10-9+. The van der Waals surface area contributed by atoms with Crippen LogP contribution < -0.4 is 0 Å². The van der Waals surface area contributed by atoms with Crippen molar-refractivity contribution in [3.63, 3.8) is 0 Å². The number of allylic oxidation sites excluding steroid dienone is 1. The van der Waals surface area contributed by atoms with E-state index in [4.69, 9.17) is 0 Å². The molecule has 0 atom stereocenters. The number of hydrogen-bond acceptors (Lipinski definition) is 0. The largest absolute Gasteiger partial charge is 0.0989 e. The average molecular weight is 170 g/mol. The third-order valence-corrected chi connectivity index (χ3v) is 2.83. The second-order valence-corrected chi connectivity index (χ2v) is 9.33. The van der Waals surface area contributed by atoms with Gasteiger partial charge in [0.15, 0.2) is 0 Å². The van der Waals surface area contributed by atoms with Crippen LogP contribution in [0.4, 0.5) is 0 Å². The maximum absolute atomic E-state index is 2.45. The van der Waals surface area contributed by atoms with Gasteiger partial charge in [0.2, 0.25) is 0 Å². The second kappa shape index (κ2) is 5.59. The molecule has 0 spiro atoms. The Morgan fingerprint density at radius 2 is 1.73 bits per heavy atom. The summed E-state index contributed by atoms with van der Waals surface area (Å²) < 4.78 is 0. The third kappa shape index (κ3) is 9.96. The maximum atomic E-state index is 2.45. The molecule has 11 heavy (non-hydrogen) atoms. The zero-order valence-corrected chi connectivity index (χ0v) is 9.48. The monoisotopic (exact) mass is 170 g/mol. The Bertz CT molecular complexity index is 109. The van der Waals surface area contributed by atoms with E-state index in [0.717, 1.165) is 0 Å². The van der Waals surface area contributed by atoms with Gasteiger partial charge in [-0.2, -0.15) is 0 Å². The van der Waals surface area contributed by atoms with E-state index < -0.39 is 8.07 Å². The number of hydrogen-bond donors (Lipinski definition) is 0. The van der Waals surface area contributed by atoms with Crippen molar-refractivity contribution in [1.82, 2.24) is 0 Å². The van der Waals surface area contributed by atoms with Crippen molar-refractivity contribution in [2.24, 2.45) is 0 Å². The zero-order valence-electron chi connectivity index (χ0n) is 8.48. The van der Waals surface area contributed by atoms with Gasteiger partial charge in [-0.15, -0.1) is 0 Å². The molecule has 0 aromatic heterocycles. The molecule has 0 unspecified atom stereocenters. The molecule has 0 aromatic rings. The summed E-state index contributed by atoms with van der Waals surface area (Å²) in [6.45, 7) is 9.39. The minimum atomic E-state index is -0.898. The van der Waals surface area contributed by atoms with Crippen molar-refractivity contribution >= 4 is 8.07 Å². The predicted molar refractivity (Wildman–Crippen MR) is 56.6 cm³/mol. The van der Waals surface area contributed by atoms with Crippen LogP contribution in [0.5, 0.6) is 0 Å². The van der Waals surface area contributed by atoms with E-state index >= 15 is 0 Å². The van der Waals surface area contributed by atoms with Crippen molar-refractivity contribution in [2.75, 3.05) is 0 Å². The van der Waals surface area contributed by atoms with E-state index in [-0.39, 0.29) is 0 Å². The van der Waals surface area contributed by atoms with Crippen LogP contribution in [0.2, 0.25) is 19.6 Å². The number of unbranched alkanes of at least 4 members (excludes halogenated alkanes) is 3. The lowest BCUT2D eigenvalue weighted by Crippen LogP contribution is -2.15. The van der Waals surface area contributed by atoms with Crippen LogP contribution in [-0.2, 0) is 0 Å². The molecule has 66 valence electrons. The van der Waals surface area contributed by atoms with E-state index in [2.05, 4.69) is 38.3 Å². The van der Waals surface area contributed by atoms with Gasteiger partial charge in [0.05, 0.1) is 8.07 Å². The molecule has 0 radical (unpaired) electrons. The SMILES string of the molecule is CCCCC/C=C/[Si](C)(C)C. The normalized spacial score (nSPS) is 12.7. The lowest BCUT2D eigenvalue weighted by Gasteiger charge is -2.07. The lowest BCUT2D eigenvalue weighted by atomic mass is 10.2. The zero-order chi connectivity index (χ0) is 8.74. The smallest absolute Gasteiger partial charge is 0.0682 e. The maximum Gasteiger partial charge on any atom is 0.0682 e. The highest BCUT2D eigenvalue weighted by molar-refractivity contribution is 6.80. The van der Waals surface area contributed by atoms with E-state index in [9.17, 15) is 0 Å². The summed E-state index contributed by atoms with van der Waals surface area (Å²) in [7, 11) is -0.898. The first kappa shape index (κ1) is 11.0. The molecule has 0 heterocycles. The molecule has 0 aliphatic carbocycles. The molecule has 0 nitrogen and oxygen atoms in total. The first-order valence-corrected chi connectivity index (χ1v) is 8.31. The van der Waals surface area contributed by atoms with Gasteiger partial charge in [0, 0.05) is 0 Å². The second-order valence-electron chi connectivity index (χ2n) is 4.26. The van der Waals surface area contributed by atoms with Gasteiger partial charge < -0.3 is 0 Å². The van der Waals surface area contributed by atoms with Crippen LogP contribution in [0.15, 0.2) is 11.8 Å². The molecule has 0 fully saturated rings. The van der Waals surface area contributed by atoms with Gasteiger partial charge >= 0.3 is 0 Å². The molecule has 0 bridgehead atoms. The molecule has 0 saturated heterocycles. The quantitative estimate of drug-likeness (QED) is 0.432. The highest BCUT2D eigenvalue weighted by Gasteiger charge is 2.05. The Kier molecular flexibility index (Phi) is 5.57. The fourth-order valence-corrected chi connectivity index (χ4v) is 1.82. The first-order valence-electron chi connectivity index (χ1n) is 4.74. The molecule has 0 N–H and O–H groups in total. The summed E-state index contributed by atoms with van der Waals surface area (Å²) >= 11 is 0. The molecule has 0 saturated carbocycles. The van der Waals surface area contributed by atoms with Crippen LogP contribution in [0.1, 0.15) is 32.6 Å². The average Bonchev–Trinajstić information content (AvgIpc) is 1.85. The predicted octanol–water partition coefficient (Wildman–Crippen LogP) is 4.00. The van der Waals surface area contributed by atoms with Gasteiger partial charge in [-0.25, -0.2) is 0 Å². The fraction of sp³-hybridized carbons (Fsp3) is 0.800. The van der Waals surface area contributed by atoms with Gasteiger partial charge in [-0.1, -0.05) is 51.2 Å². The Morgan fingerprint density at radius 1 is 1.09 bits per heavy atom. The Morgan fingerprint density at radius 3 is 2.18 bits per heavy atom. The lowest BCUT2D eigenvalue weighted by molar-refractivity contribution is 0.729. The summed E-state index contributed by atoms with van der Waals surface area (Å²) in [6, 6.07) is 0. The summed E-state index contributed by atoms with van der Waals surface area (Å²) in [5.74, 6) is 0. The van der Waals surface area contributed by atoms with Crippen LogP contribution >= 0.6 is 0 Å². The third-order valence-electron chi connectivity index (χ3n) is 1.59. The minimum absolute atomic E-state index is 0.898. The van der Waals surface area contributed by atoms with Crippen LogP contribution in [0.25, 0.3) is 0 Å². The Hall–Kier alpha value is -0.0431. The molecule has 0 aliphatic rings. The van der Waals surface area contributed by atoms with E-state index in [1.54, 1.807) is 0 Å². The van der Waals surface area contributed by atoms with E-state index in [0.29, 0.717) is 0 Å².